The Bertz CT molecular complexity index is 546. The van der Waals surface area contributed by atoms with Gasteiger partial charge in [-0.15, -0.1) is 0 Å². The van der Waals surface area contributed by atoms with Crippen molar-refractivity contribution in [3.05, 3.63) is 35.9 Å². The fourth-order valence-corrected chi connectivity index (χ4v) is 2.35. The molecule has 0 aliphatic carbocycles. The number of hydrogen-bond acceptors (Lipinski definition) is 3. The first-order valence-electron chi connectivity index (χ1n) is 7.21. The molecule has 2 rings (SSSR count). The van der Waals surface area contributed by atoms with Gasteiger partial charge in [0.05, 0.1) is 6.42 Å². The van der Waals surface area contributed by atoms with Gasteiger partial charge in [0.15, 0.2) is 5.96 Å². The average Bonchev–Trinajstić information content (AvgIpc) is 2.53. The summed E-state index contributed by atoms with van der Waals surface area (Å²) < 4.78 is 0. The molecular weight excluding hydrogens is 282 g/mol. The maximum absolute atomic E-state index is 12.2. The van der Waals surface area contributed by atoms with E-state index in [4.69, 9.17) is 11.5 Å². The molecule has 0 atom stereocenters. The molecule has 1 aromatic carbocycles. The van der Waals surface area contributed by atoms with Gasteiger partial charge in [-0.2, -0.15) is 0 Å². The molecule has 0 radical (unpaired) electrons. The van der Waals surface area contributed by atoms with Crippen molar-refractivity contribution >= 4 is 17.8 Å². The van der Waals surface area contributed by atoms with Crippen molar-refractivity contribution in [1.82, 2.24) is 9.80 Å². The molecule has 0 aromatic heterocycles. The Morgan fingerprint density at radius 2 is 1.50 bits per heavy atom. The maximum Gasteiger partial charge on any atom is 0.244 e. The summed E-state index contributed by atoms with van der Waals surface area (Å²) >= 11 is 0. The Morgan fingerprint density at radius 3 is 2.05 bits per heavy atom. The van der Waals surface area contributed by atoms with E-state index >= 15 is 0 Å². The largest absolute Gasteiger partial charge is 0.370 e. The number of nitrogens with zero attached hydrogens (tertiary/aromatic N) is 3. The highest BCUT2D eigenvalue weighted by Crippen LogP contribution is 2.07. The Balaban J connectivity index is 1.80. The zero-order valence-electron chi connectivity index (χ0n) is 12.4. The predicted octanol–water partition coefficient (Wildman–Crippen LogP) is -0.827. The first-order chi connectivity index (χ1) is 10.6. The monoisotopic (exact) mass is 303 g/mol. The molecule has 2 amide bonds. The Morgan fingerprint density at radius 1 is 0.955 bits per heavy atom. The number of nitrogens with two attached hydrogens (primary N) is 2. The lowest BCUT2D eigenvalue weighted by atomic mass is 10.1. The van der Waals surface area contributed by atoms with Crippen LogP contribution in [0.25, 0.3) is 0 Å². The lowest BCUT2D eigenvalue weighted by Crippen LogP contribution is -2.51. The molecule has 1 fully saturated rings. The molecule has 4 N–H and O–H groups in total. The quantitative estimate of drug-likeness (QED) is 0.559. The van der Waals surface area contributed by atoms with Crippen molar-refractivity contribution in [1.29, 1.82) is 0 Å². The van der Waals surface area contributed by atoms with Crippen LogP contribution in [0.15, 0.2) is 35.3 Å². The SMILES string of the molecule is NC(N)=NCC(=O)N1CCN(C(=O)Cc2ccccc2)CC1. The van der Waals surface area contributed by atoms with Crippen LogP contribution in [0.2, 0.25) is 0 Å². The molecule has 1 aliphatic heterocycles. The molecule has 0 saturated carbocycles. The fourth-order valence-electron chi connectivity index (χ4n) is 2.35. The van der Waals surface area contributed by atoms with Crippen LogP contribution in [0.3, 0.4) is 0 Å². The first-order valence-corrected chi connectivity index (χ1v) is 7.21. The second-order valence-electron chi connectivity index (χ2n) is 5.17. The van der Waals surface area contributed by atoms with Crippen molar-refractivity contribution in [2.24, 2.45) is 16.5 Å². The Labute approximate surface area is 129 Å². The van der Waals surface area contributed by atoms with E-state index in [0.29, 0.717) is 32.6 Å². The van der Waals surface area contributed by atoms with Gasteiger partial charge in [0.1, 0.15) is 6.54 Å². The highest BCUT2D eigenvalue weighted by atomic mass is 16.2. The minimum Gasteiger partial charge on any atom is -0.370 e. The van der Waals surface area contributed by atoms with Crippen LogP contribution in [-0.2, 0) is 16.0 Å². The smallest absolute Gasteiger partial charge is 0.244 e. The highest BCUT2D eigenvalue weighted by molar-refractivity contribution is 5.83. The Hall–Kier alpha value is -2.57. The number of piperazine rings is 1. The second kappa shape index (κ2) is 7.44. The van der Waals surface area contributed by atoms with E-state index in [9.17, 15) is 9.59 Å². The van der Waals surface area contributed by atoms with E-state index in [-0.39, 0.29) is 24.3 Å². The number of rotatable bonds is 4. The summed E-state index contributed by atoms with van der Waals surface area (Å²) in [6, 6.07) is 9.64. The molecule has 118 valence electrons. The van der Waals surface area contributed by atoms with Crippen LogP contribution < -0.4 is 11.5 Å². The third kappa shape index (κ3) is 4.47. The number of guanidine groups is 1. The fraction of sp³-hybridized carbons (Fsp3) is 0.400. The van der Waals surface area contributed by atoms with Crippen molar-refractivity contribution in [3.63, 3.8) is 0 Å². The van der Waals surface area contributed by atoms with Crippen LogP contribution in [0.5, 0.6) is 0 Å². The van der Waals surface area contributed by atoms with Crippen LogP contribution in [0, 0.1) is 0 Å². The third-order valence-corrected chi connectivity index (χ3v) is 3.58. The number of aliphatic imine (C=N–C) groups is 1. The van der Waals surface area contributed by atoms with Crippen LogP contribution in [0.4, 0.5) is 0 Å². The second-order valence-corrected chi connectivity index (χ2v) is 5.17. The molecule has 1 aromatic rings. The molecule has 0 spiro atoms. The summed E-state index contributed by atoms with van der Waals surface area (Å²) in [5, 5.41) is 0. The number of benzene rings is 1. The van der Waals surface area contributed by atoms with Crippen LogP contribution in [-0.4, -0.2) is 60.3 Å². The molecule has 1 heterocycles. The maximum atomic E-state index is 12.2. The van der Waals surface area contributed by atoms with Gasteiger partial charge < -0.3 is 21.3 Å². The molecule has 7 heteroatoms. The average molecular weight is 303 g/mol. The van der Waals surface area contributed by atoms with E-state index in [1.165, 1.54) is 0 Å². The van der Waals surface area contributed by atoms with Gasteiger partial charge in [0.25, 0.3) is 0 Å². The van der Waals surface area contributed by atoms with Crippen molar-refractivity contribution in [3.8, 4) is 0 Å². The minimum atomic E-state index is -0.122. The van der Waals surface area contributed by atoms with Gasteiger partial charge >= 0.3 is 0 Å². The van der Waals surface area contributed by atoms with Crippen LogP contribution in [0.1, 0.15) is 5.56 Å². The minimum absolute atomic E-state index is 0.0414. The van der Waals surface area contributed by atoms with E-state index < -0.39 is 0 Å². The van der Waals surface area contributed by atoms with E-state index in [1.54, 1.807) is 9.80 Å². The lowest BCUT2D eigenvalue weighted by molar-refractivity contribution is -0.138. The molecule has 22 heavy (non-hydrogen) atoms. The summed E-state index contributed by atoms with van der Waals surface area (Å²) in [5.74, 6) is -0.129. The number of carbonyl (C=O) groups is 2. The third-order valence-electron chi connectivity index (χ3n) is 3.58. The molecule has 0 unspecified atom stereocenters. The zero-order valence-corrected chi connectivity index (χ0v) is 12.4. The van der Waals surface area contributed by atoms with Crippen molar-refractivity contribution in [2.75, 3.05) is 32.7 Å². The van der Waals surface area contributed by atoms with Gasteiger partial charge in [-0.05, 0) is 5.56 Å². The van der Waals surface area contributed by atoms with E-state index in [0.717, 1.165) is 5.56 Å². The molecular formula is C15H21N5O2. The van der Waals surface area contributed by atoms with Crippen molar-refractivity contribution < 1.29 is 9.59 Å². The highest BCUT2D eigenvalue weighted by Gasteiger charge is 2.23. The summed E-state index contributed by atoms with van der Waals surface area (Å²) in [6.45, 7) is 2.07. The van der Waals surface area contributed by atoms with Gasteiger partial charge in [0.2, 0.25) is 11.8 Å². The van der Waals surface area contributed by atoms with Gasteiger partial charge in [-0.3, -0.25) is 9.59 Å². The number of amides is 2. The van der Waals surface area contributed by atoms with Gasteiger partial charge in [-0.1, -0.05) is 30.3 Å². The van der Waals surface area contributed by atoms with E-state index in [1.807, 2.05) is 30.3 Å². The predicted molar refractivity (Wildman–Crippen MR) is 84.0 cm³/mol. The molecule has 1 saturated heterocycles. The Kier molecular flexibility index (Phi) is 5.35. The molecule has 0 bridgehead atoms. The topological polar surface area (TPSA) is 105 Å². The van der Waals surface area contributed by atoms with E-state index in [2.05, 4.69) is 4.99 Å². The van der Waals surface area contributed by atoms with Gasteiger partial charge in [0, 0.05) is 26.2 Å². The summed E-state index contributed by atoms with van der Waals surface area (Å²) in [7, 11) is 0. The molecule has 7 nitrogen and oxygen atoms in total. The summed E-state index contributed by atoms with van der Waals surface area (Å²) in [5.41, 5.74) is 11.4. The van der Waals surface area contributed by atoms with Gasteiger partial charge in [-0.25, -0.2) is 4.99 Å². The molecule has 1 aliphatic rings. The first kappa shape index (κ1) is 15.8. The normalized spacial score (nSPS) is 14.5. The van der Waals surface area contributed by atoms with Crippen LogP contribution >= 0.6 is 0 Å². The summed E-state index contributed by atoms with van der Waals surface area (Å²) in [4.78, 5) is 31.3. The zero-order chi connectivity index (χ0) is 15.9. The lowest BCUT2D eigenvalue weighted by Gasteiger charge is -2.34. The number of hydrogen-bond donors (Lipinski definition) is 2. The standard InChI is InChI=1S/C15H21N5O2/c16-15(17)18-11-14(22)20-8-6-19(7-9-20)13(21)10-12-4-2-1-3-5-12/h1-5H,6-11H2,(H4,16,17,18). The summed E-state index contributed by atoms with van der Waals surface area (Å²) in [6.07, 6.45) is 0.392. The van der Waals surface area contributed by atoms with Crippen molar-refractivity contribution in [2.45, 2.75) is 6.42 Å². The number of carbonyl (C=O) groups excluding carboxylic acids is 2.